The summed E-state index contributed by atoms with van der Waals surface area (Å²) in [6.45, 7) is 3.92. The van der Waals surface area contributed by atoms with Gasteiger partial charge in [0.2, 0.25) is 5.91 Å². The van der Waals surface area contributed by atoms with Crippen LogP contribution in [-0.2, 0) is 14.3 Å². The van der Waals surface area contributed by atoms with Crippen LogP contribution < -0.4 is 16.0 Å². The minimum Gasteiger partial charge on any atom is -0.462 e. The van der Waals surface area contributed by atoms with Gasteiger partial charge in [0, 0.05) is 18.8 Å². The highest BCUT2D eigenvalue weighted by molar-refractivity contribution is 7.15. The maximum atomic E-state index is 12.5. The van der Waals surface area contributed by atoms with Crippen LogP contribution in [0, 0.1) is 5.92 Å². The van der Waals surface area contributed by atoms with Crippen LogP contribution >= 0.6 is 11.3 Å². The highest BCUT2D eigenvalue weighted by atomic mass is 32.1. The molecule has 2 aliphatic rings. The number of ether oxygens (including phenoxy) is 1. The zero-order valence-corrected chi connectivity index (χ0v) is 15.8. The van der Waals surface area contributed by atoms with E-state index in [9.17, 15) is 14.4 Å². The highest BCUT2D eigenvalue weighted by Gasteiger charge is 2.33. The maximum absolute atomic E-state index is 12.5. The largest absolute Gasteiger partial charge is 0.462 e. The summed E-state index contributed by atoms with van der Waals surface area (Å²) in [6.07, 6.45) is 3.60. The summed E-state index contributed by atoms with van der Waals surface area (Å²) in [5, 5.41) is 5.45. The van der Waals surface area contributed by atoms with Gasteiger partial charge in [-0.15, -0.1) is 11.3 Å². The molecule has 4 N–H and O–H groups in total. The van der Waals surface area contributed by atoms with E-state index in [0.29, 0.717) is 29.6 Å². The Hall–Kier alpha value is -1.93. The van der Waals surface area contributed by atoms with Gasteiger partial charge in [-0.25, -0.2) is 4.79 Å². The van der Waals surface area contributed by atoms with Crippen molar-refractivity contribution in [3.8, 4) is 0 Å². The second-order valence-electron chi connectivity index (χ2n) is 7.04. The summed E-state index contributed by atoms with van der Waals surface area (Å²) in [6, 6.07) is 0. The molecule has 2 amide bonds. The predicted octanol–water partition coefficient (Wildman–Crippen LogP) is 0.521. The lowest BCUT2D eigenvalue weighted by molar-refractivity contribution is -0.897. The van der Waals surface area contributed by atoms with Crippen LogP contribution in [0.15, 0.2) is 5.38 Å². The van der Waals surface area contributed by atoms with Gasteiger partial charge in [-0.05, 0) is 36.6 Å². The molecule has 0 atom stereocenters. The Balaban J connectivity index is 1.61. The number of piperidine rings is 1. The van der Waals surface area contributed by atoms with E-state index >= 15 is 0 Å². The number of thiophene rings is 1. The van der Waals surface area contributed by atoms with E-state index in [4.69, 9.17) is 10.5 Å². The predicted molar refractivity (Wildman–Crippen MR) is 98.4 cm³/mol. The van der Waals surface area contributed by atoms with Crippen molar-refractivity contribution in [1.29, 1.82) is 0 Å². The fourth-order valence-corrected chi connectivity index (χ4v) is 4.50. The van der Waals surface area contributed by atoms with Gasteiger partial charge in [-0.2, -0.15) is 0 Å². The number of likely N-dealkylation sites (tertiary alicyclic amines) is 1. The minimum atomic E-state index is -0.361. The second kappa shape index (κ2) is 8.18. The standard InChI is InChI=1S/C18H25N3O4S/c1-2-25-18(24)15-13(11-3-4-11)10-26-17(15)20-14(22)9-21-7-5-12(6-8-21)16(19)23/h10-12H,2-9H2,1H3,(H2,19,23)(H,20,22)/p+1. The first kappa shape index (κ1) is 18.8. The van der Waals surface area contributed by atoms with Gasteiger partial charge in [0.15, 0.2) is 6.54 Å². The first-order valence-electron chi connectivity index (χ1n) is 9.20. The van der Waals surface area contributed by atoms with Gasteiger partial charge in [0.05, 0.1) is 25.3 Å². The molecule has 1 aromatic rings. The van der Waals surface area contributed by atoms with Crippen molar-refractivity contribution >= 4 is 34.1 Å². The number of esters is 1. The molecule has 2 heterocycles. The van der Waals surface area contributed by atoms with E-state index < -0.39 is 0 Å². The summed E-state index contributed by atoms with van der Waals surface area (Å²) in [5.41, 5.74) is 6.87. The molecule has 1 aliphatic heterocycles. The van der Waals surface area contributed by atoms with Crippen LogP contribution in [0.25, 0.3) is 0 Å². The average molecular weight is 380 g/mol. The number of carbonyl (C=O) groups is 3. The van der Waals surface area contributed by atoms with E-state index in [0.717, 1.165) is 49.2 Å². The number of hydrogen-bond acceptors (Lipinski definition) is 5. The molecule has 1 aromatic heterocycles. The van der Waals surface area contributed by atoms with Gasteiger partial charge in [-0.1, -0.05) is 0 Å². The Morgan fingerprint density at radius 3 is 2.54 bits per heavy atom. The third-order valence-electron chi connectivity index (χ3n) is 5.07. The molecule has 3 rings (SSSR count). The molecule has 0 unspecified atom stereocenters. The van der Waals surface area contributed by atoms with Crippen molar-refractivity contribution in [2.75, 3.05) is 31.6 Å². The average Bonchev–Trinajstić information content (AvgIpc) is 3.36. The van der Waals surface area contributed by atoms with E-state index in [1.165, 1.54) is 11.3 Å². The number of primary amides is 1. The molecule has 0 aromatic carbocycles. The molecule has 8 heteroatoms. The van der Waals surface area contributed by atoms with Crippen molar-refractivity contribution < 1.29 is 24.0 Å². The van der Waals surface area contributed by atoms with Gasteiger partial charge < -0.3 is 20.7 Å². The van der Waals surface area contributed by atoms with E-state index in [1.807, 2.05) is 5.38 Å². The number of nitrogens with one attached hydrogen (secondary N) is 2. The van der Waals surface area contributed by atoms with Crippen LogP contribution in [0.2, 0.25) is 0 Å². The summed E-state index contributed by atoms with van der Waals surface area (Å²) in [7, 11) is 0. The number of quaternary nitrogens is 1. The molecule has 2 fully saturated rings. The molecule has 1 aliphatic carbocycles. The first-order valence-corrected chi connectivity index (χ1v) is 10.1. The quantitative estimate of drug-likeness (QED) is 0.600. The SMILES string of the molecule is CCOC(=O)c1c(C2CC2)csc1NC(=O)C[NH+]1CCC(C(N)=O)CC1. The summed E-state index contributed by atoms with van der Waals surface area (Å²) in [5.74, 6) is -0.392. The number of rotatable bonds is 7. The Morgan fingerprint density at radius 1 is 1.27 bits per heavy atom. The molecule has 7 nitrogen and oxygen atoms in total. The smallest absolute Gasteiger partial charge is 0.341 e. The first-order chi connectivity index (χ1) is 12.5. The zero-order valence-electron chi connectivity index (χ0n) is 15.0. The van der Waals surface area contributed by atoms with Crippen molar-refractivity contribution in [1.82, 2.24) is 0 Å². The molecule has 0 bridgehead atoms. The molecule has 1 saturated carbocycles. The van der Waals surface area contributed by atoms with E-state index in [1.54, 1.807) is 6.92 Å². The molecular formula is C18H26N3O4S+. The fourth-order valence-electron chi connectivity index (χ4n) is 3.46. The van der Waals surface area contributed by atoms with Crippen LogP contribution in [0.4, 0.5) is 5.00 Å². The maximum Gasteiger partial charge on any atom is 0.341 e. The summed E-state index contributed by atoms with van der Waals surface area (Å²) < 4.78 is 5.18. The molecule has 26 heavy (non-hydrogen) atoms. The van der Waals surface area contributed by atoms with Crippen molar-refractivity contribution in [3.05, 3.63) is 16.5 Å². The number of amides is 2. The Kier molecular flexibility index (Phi) is 5.93. The van der Waals surface area contributed by atoms with Crippen LogP contribution in [0.3, 0.4) is 0 Å². The number of hydrogen-bond donors (Lipinski definition) is 3. The molecule has 142 valence electrons. The van der Waals surface area contributed by atoms with Gasteiger partial charge in [0.25, 0.3) is 5.91 Å². The molecule has 0 spiro atoms. The van der Waals surface area contributed by atoms with E-state index in [-0.39, 0.29) is 23.7 Å². The normalized spacial score (nSPS) is 22.7. The highest BCUT2D eigenvalue weighted by Crippen LogP contribution is 2.46. The Morgan fingerprint density at radius 2 is 1.96 bits per heavy atom. The fraction of sp³-hybridized carbons (Fsp3) is 0.611. The lowest BCUT2D eigenvalue weighted by Crippen LogP contribution is -3.14. The number of nitrogens with two attached hydrogens (primary N) is 1. The van der Waals surface area contributed by atoms with Gasteiger partial charge in [0.1, 0.15) is 5.00 Å². The minimum absolute atomic E-state index is 0.0735. The third kappa shape index (κ3) is 4.42. The lowest BCUT2D eigenvalue weighted by atomic mass is 9.96. The van der Waals surface area contributed by atoms with E-state index in [2.05, 4.69) is 5.32 Å². The number of carbonyl (C=O) groups excluding carboxylic acids is 3. The topological polar surface area (TPSA) is 103 Å². The monoisotopic (exact) mass is 380 g/mol. The molecule has 0 radical (unpaired) electrons. The van der Waals surface area contributed by atoms with Crippen molar-refractivity contribution in [2.24, 2.45) is 11.7 Å². The summed E-state index contributed by atoms with van der Waals surface area (Å²) in [4.78, 5) is 37.2. The van der Waals surface area contributed by atoms with Crippen molar-refractivity contribution in [2.45, 2.75) is 38.5 Å². The van der Waals surface area contributed by atoms with Crippen LogP contribution in [-0.4, -0.2) is 44.0 Å². The second-order valence-corrected chi connectivity index (χ2v) is 7.92. The summed E-state index contributed by atoms with van der Waals surface area (Å²) >= 11 is 1.39. The number of anilines is 1. The molecular weight excluding hydrogens is 354 g/mol. The van der Waals surface area contributed by atoms with Crippen molar-refractivity contribution in [3.63, 3.8) is 0 Å². The lowest BCUT2D eigenvalue weighted by Gasteiger charge is -2.27. The van der Waals surface area contributed by atoms with Crippen LogP contribution in [0.5, 0.6) is 0 Å². The van der Waals surface area contributed by atoms with Gasteiger partial charge >= 0.3 is 5.97 Å². The third-order valence-corrected chi connectivity index (χ3v) is 5.99. The zero-order chi connectivity index (χ0) is 18.7. The Bertz CT molecular complexity index is 691. The Labute approximate surface area is 156 Å². The van der Waals surface area contributed by atoms with Gasteiger partial charge in [-0.3, -0.25) is 9.59 Å². The van der Waals surface area contributed by atoms with Crippen LogP contribution in [0.1, 0.15) is 54.4 Å². The molecule has 1 saturated heterocycles.